The molecule has 0 rings (SSSR count). The van der Waals surface area contributed by atoms with Crippen LogP contribution < -0.4 is 28.7 Å². The summed E-state index contributed by atoms with van der Waals surface area (Å²) >= 11 is 0. The van der Waals surface area contributed by atoms with Crippen LogP contribution in [0.4, 0.5) is 0 Å². The second-order valence-corrected chi connectivity index (χ2v) is 3.68. The van der Waals surface area contributed by atoms with Crippen molar-refractivity contribution in [2.24, 2.45) is 28.7 Å². The molecule has 0 saturated carbocycles. The predicted octanol–water partition coefficient (Wildman–Crippen LogP) is -5.10. The number of carboxylic acid groups (broad SMARTS) is 2. The van der Waals surface area contributed by atoms with Crippen LogP contribution in [0.3, 0.4) is 0 Å². The fourth-order valence-electron chi connectivity index (χ4n) is 0.523. The molecule has 0 fully saturated rings. The zero-order valence-corrected chi connectivity index (χ0v) is 13.3. The van der Waals surface area contributed by atoms with Gasteiger partial charge in [0, 0.05) is 0 Å². The van der Waals surface area contributed by atoms with Gasteiger partial charge in [-0.05, 0) is 0 Å². The maximum atomic E-state index is 10.3. The Morgan fingerprint density at radius 1 is 0.760 bits per heavy atom. The molecule has 146 valence electrons. The van der Waals surface area contributed by atoms with Crippen LogP contribution in [0.15, 0.2) is 0 Å². The van der Waals surface area contributed by atoms with Crippen LogP contribution in [-0.2, 0) is 33.4 Å². The van der Waals surface area contributed by atoms with Crippen LogP contribution in [-0.4, -0.2) is 78.9 Å². The Kier molecular flexibility index (Phi) is 19.3. The van der Waals surface area contributed by atoms with Gasteiger partial charge in [0.25, 0.3) is 0 Å². The Morgan fingerprint density at radius 3 is 1.36 bits per heavy atom. The molecule has 0 aromatic carbocycles. The van der Waals surface area contributed by atoms with Gasteiger partial charge in [-0.1, -0.05) is 0 Å². The van der Waals surface area contributed by atoms with Gasteiger partial charge in [-0.25, -0.2) is 0 Å². The SMILES string of the molecule is NCC(=O)O.NCC(=O)OC(=O)CN.NCC(=O)OC[C@H](N)C(=O)O. The minimum atomic E-state index is -1.21. The lowest BCUT2D eigenvalue weighted by Gasteiger charge is -2.05. The number of hydrogen-bond acceptors (Lipinski definition) is 12. The zero-order chi connectivity index (χ0) is 20.4. The molecule has 0 aliphatic heterocycles. The summed E-state index contributed by atoms with van der Waals surface area (Å²) < 4.78 is 8.37. The summed E-state index contributed by atoms with van der Waals surface area (Å²) in [4.78, 5) is 50.0. The number of carboxylic acids is 2. The van der Waals surface area contributed by atoms with Crippen molar-refractivity contribution < 1.29 is 43.7 Å². The van der Waals surface area contributed by atoms with E-state index in [0.717, 1.165) is 0 Å². The van der Waals surface area contributed by atoms with Crippen molar-refractivity contribution in [3.8, 4) is 0 Å². The van der Waals surface area contributed by atoms with E-state index in [1.807, 2.05) is 0 Å². The number of rotatable bonds is 7. The highest BCUT2D eigenvalue weighted by Crippen LogP contribution is 1.82. The molecule has 0 spiro atoms. The number of ether oxygens (including phenoxy) is 2. The van der Waals surface area contributed by atoms with Gasteiger partial charge in [0.05, 0.1) is 26.2 Å². The first-order chi connectivity index (χ1) is 11.5. The molecule has 0 amide bonds. The highest BCUT2D eigenvalue weighted by molar-refractivity contribution is 5.87. The number of carbonyl (C=O) groups is 5. The molecular formula is C11H23N5O9. The highest BCUT2D eigenvalue weighted by atomic mass is 16.6. The minimum Gasteiger partial charge on any atom is -0.480 e. The Labute approximate surface area is 142 Å². The number of esters is 3. The van der Waals surface area contributed by atoms with Crippen molar-refractivity contribution in [2.75, 3.05) is 32.8 Å². The van der Waals surface area contributed by atoms with E-state index in [1.165, 1.54) is 0 Å². The van der Waals surface area contributed by atoms with Crippen LogP contribution in [0.1, 0.15) is 0 Å². The summed E-state index contributed by atoms with van der Waals surface area (Å²) in [6.45, 7) is -1.49. The average molecular weight is 369 g/mol. The second kappa shape index (κ2) is 17.7. The third kappa shape index (κ3) is 23.7. The third-order valence-corrected chi connectivity index (χ3v) is 1.64. The summed E-state index contributed by atoms with van der Waals surface area (Å²) in [5, 5.41) is 15.8. The van der Waals surface area contributed by atoms with Crippen LogP contribution in [0, 0.1) is 0 Å². The molecule has 0 aliphatic carbocycles. The normalized spacial score (nSPS) is 9.96. The maximum Gasteiger partial charge on any atom is 0.327 e. The molecule has 25 heavy (non-hydrogen) atoms. The third-order valence-electron chi connectivity index (χ3n) is 1.64. The fourth-order valence-corrected chi connectivity index (χ4v) is 0.523. The van der Waals surface area contributed by atoms with Crippen molar-refractivity contribution in [2.45, 2.75) is 6.04 Å². The van der Waals surface area contributed by atoms with E-state index in [2.05, 4.69) is 15.2 Å². The molecule has 0 aliphatic rings. The monoisotopic (exact) mass is 369 g/mol. The summed E-state index contributed by atoms with van der Waals surface area (Å²) in [7, 11) is 0. The molecule has 0 bridgehead atoms. The van der Waals surface area contributed by atoms with Gasteiger partial charge in [0.2, 0.25) is 0 Å². The first kappa shape index (κ1) is 27.2. The second-order valence-electron chi connectivity index (χ2n) is 3.68. The van der Waals surface area contributed by atoms with Crippen molar-refractivity contribution in [1.82, 2.24) is 0 Å². The highest BCUT2D eigenvalue weighted by Gasteiger charge is 2.12. The molecule has 12 N–H and O–H groups in total. The quantitative estimate of drug-likeness (QED) is 0.163. The number of aliphatic carboxylic acids is 2. The number of nitrogens with two attached hydrogens (primary N) is 5. The average Bonchev–Trinajstić information content (AvgIpc) is 2.59. The van der Waals surface area contributed by atoms with E-state index in [4.69, 9.17) is 33.1 Å². The predicted molar refractivity (Wildman–Crippen MR) is 81.5 cm³/mol. The van der Waals surface area contributed by atoms with Gasteiger partial charge in [-0.15, -0.1) is 0 Å². The molecule has 0 aromatic rings. The van der Waals surface area contributed by atoms with Crippen LogP contribution in [0.2, 0.25) is 0 Å². The maximum absolute atomic E-state index is 10.3. The standard InChI is InChI=1S/C5H10N2O4.C4H8N2O3.C2H5NO2/c6-1-4(8)11-2-3(7)5(9)10;5-1-3(7)9-4(8)2-6;3-1-2(4)5/h3H,1-2,6-7H2,(H,9,10);1-2,5-6H2;1,3H2,(H,4,5)/t3-;;/m0../s1. The molecule has 14 heteroatoms. The molecule has 0 radical (unpaired) electrons. The summed E-state index contributed by atoms with van der Waals surface area (Å²) in [5.74, 6) is -4.36. The van der Waals surface area contributed by atoms with Gasteiger partial charge in [-0.2, -0.15) is 0 Å². The first-order valence-corrected chi connectivity index (χ1v) is 6.45. The molecule has 1 atom stereocenters. The Balaban J connectivity index is -0.000000311. The van der Waals surface area contributed by atoms with Gasteiger partial charge in [-0.3, -0.25) is 24.0 Å². The van der Waals surface area contributed by atoms with Crippen molar-refractivity contribution in [3.63, 3.8) is 0 Å². The van der Waals surface area contributed by atoms with Crippen molar-refractivity contribution >= 4 is 29.8 Å². The molecule has 0 saturated heterocycles. The summed E-state index contributed by atoms with van der Waals surface area (Å²) in [5.41, 5.74) is 24.1. The smallest absolute Gasteiger partial charge is 0.327 e. The summed E-state index contributed by atoms with van der Waals surface area (Å²) in [6, 6.07) is -1.18. The molecule has 0 unspecified atom stereocenters. The van der Waals surface area contributed by atoms with E-state index >= 15 is 0 Å². The van der Waals surface area contributed by atoms with E-state index in [9.17, 15) is 24.0 Å². The molecular weight excluding hydrogens is 346 g/mol. The van der Waals surface area contributed by atoms with Gasteiger partial charge < -0.3 is 48.4 Å². The minimum absolute atomic E-state index is 0.271. The lowest BCUT2D eigenvalue weighted by molar-refractivity contribution is -0.157. The van der Waals surface area contributed by atoms with Gasteiger partial charge in [0.1, 0.15) is 12.6 Å². The van der Waals surface area contributed by atoms with Gasteiger partial charge in [0.15, 0.2) is 0 Å². The Morgan fingerprint density at radius 2 is 1.12 bits per heavy atom. The molecule has 14 nitrogen and oxygen atoms in total. The number of carbonyl (C=O) groups excluding carboxylic acids is 3. The zero-order valence-electron chi connectivity index (χ0n) is 13.3. The Hall–Kier alpha value is -2.65. The van der Waals surface area contributed by atoms with Crippen LogP contribution in [0.25, 0.3) is 0 Å². The summed E-state index contributed by atoms with van der Waals surface area (Å²) in [6.07, 6.45) is 0. The van der Waals surface area contributed by atoms with Crippen molar-refractivity contribution in [1.29, 1.82) is 0 Å². The largest absolute Gasteiger partial charge is 0.480 e. The lowest BCUT2D eigenvalue weighted by Crippen LogP contribution is -2.36. The van der Waals surface area contributed by atoms with Crippen LogP contribution in [0.5, 0.6) is 0 Å². The Bertz CT molecular complexity index is 430. The van der Waals surface area contributed by atoms with Crippen molar-refractivity contribution in [3.05, 3.63) is 0 Å². The van der Waals surface area contributed by atoms with E-state index < -0.39 is 35.9 Å². The van der Waals surface area contributed by atoms with Gasteiger partial charge >= 0.3 is 29.8 Å². The van der Waals surface area contributed by atoms with E-state index in [-0.39, 0.29) is 32.8 Å². The van der Waals surface area contributed by atoms with E-state index in [1.54, 1.807) is 0 Å². The number of hydrogen-bond donors (Lipinski definition) is 7. The van der Waals surface area contributed by atoms with Crippen LogP contribution >= 0.6 is 0 Å². The fraction of sp³-hybridized carbons (Fsp3) is 0.545. The van der Waals surface area contributed by atoms with E-state index in [0.29, 0.717) is 0 Å². The molecule has 0 heterocycles. The first-order valence-electron chi connectivity index (χ1n) is 6.45. The molecule has 0 aromatic heterocycles. The lowest BCUT2D eigenvalue weighted by atomic mass is 10.3. The topological polar surface area (TPSA) is 274 Å².